The Morgan fingerprint density at radius 3 is 1.84 bits per heavy atom. The Kier molecular flexibility index (Phi) is 4.94. The number of hydrogen-bond acceptors (Lipinski definition) is 6. The molecule has 0 aliphatic heterocycles. The summed E-state index contributed by atoms with van der Waals surface area (Å²) < 4.78 is 60.0. The summed E-state index contributed by atoms with van der Waals surface area (Å²) in [5.74, 6) is -2.22. The molecule has 1 rings (SSSR count). The Hall–Kier alpha value is -1.56. The third-order valence-corrected chi connectivity index (χ3v) is 2.92. The van der Waals surface area contributed by atoms with Gasteiger partial charge in [-0.15, -0.1) is 5.11 Å². The largest absolute Gasteiger partial charge is 0.285 e. The van der Waals surface area contributed by atoms with Gasteiger partial charge in [0, 0.05) is 0 Å². The third-order valence-electron chi connectivity index (χ3n) is 1.67. The van der Waals surface area contributed by atoms with Crippen LogP contribution in [0, 0.1) is 0 Å². The van der Waals surface area contributed by atoms with Crippen molar-refractivity contribution in [3.63, 3.8) is 0 Å². The first kappa shape index (κ1) is 15.5. The van der Waals surface area contributed by atoms with Crippen LogP contribution >= 0.6 is 0 Å². The van der Waals surface area contributed by atoms with Crippen LogP contribution in [0.3, 0.4) is 0 Å². The van der Waals surface area contributed by atoms with E-state index in [4.69, 9.17) is 9.11 Å². The van der Waals surface area contributed by atoms with E-state index in [1.165, 1.54) is 0 Å². The van der Waals surface area contributed by atoms with Gasteiger partial charge < -0.3 is 0 Å². The average molecular weight is 309 g/mol. The fraction of sp³-hybridized carbons (Fsp3) is 0.250. The van der Waals surface area contributed by atoms with Gasteiger partial charge in [-0.2, -0.15) is 16.8 Å². The van der Waals surface area contributed by atoms with Crippen molar-refractivity contribution in [3.05, 3.63) is 30.3 Å². The van der Waals surface area contributed by atoms with Crippen molar-refractivity contribution in [1.29, 1.82) is 0 Å². The first-order valence-corrected chi connectivity index (χ1v) is 7.99. The smallest absolute Gasteiger partial charge is 0.284 e. The SMILES string of the molecule is O=S(=O)(O)CN(CS(=O)(=O)O)N=Nc1ccccc1. The summed E-state index contributed by atoms with van der Waals surface area (Å²) in [6.45, 7) is 0. The summed E-state index contributed by atoms with van der Waals surface area (Å²) in [5, 5.41) is 7.32. The third kappa shape index (κ3) is 7.46. The van der Waals surface area contributed by atoms with Crippen molar-refractivity contribution in [2.24, 2.45) is 10.3 Å². The van der Waals surface area contributed by atoms with Gasteiger partial charge in [0.05, 0.1) is 5.69 Å². The number of hydrogen-bond donors (Lipinski definition) is 2. The summed E-state index contributed by atoms with van der Waals surface area (Å²) in [7, 11) is -9.01. The van der Waals surface area contributed by atoms with Crippen molar-refractivity contribution in [1.82, 2.24) is 5.01 Å². The van der Waals surface area contributed by atoms with E-state index >= 15 is 0 Å². The zero-order valence-corrected chi connectivity index (χ0v) is 11.1. The van der Waals surface area contributed by atoms with Crippen LogP contribution in [-0.4, -0.2) is 42.7 Å². The number of rotatable bonds is 6. The summed E-state index contributed by atoms with van der Waals surface area (Å²) >= 11 is 0. The molecule has 0 saturated carbocycles. The van der Waals surface area contributed by atoms with E-state index in [-0.39, 0.29) is 0 Å². The summed E-state index contributed by atoms with van der Waals surface area (Å²) in [6, 6.07) is 8.09. The van der Waals surface area contributed by atoms with Crippen LogP contribution < -0.4 is 0 Å². The van der Waals surface area contributed by atoms with E-state index < -0.39 is 32.0 Å². The summed E-state index contributed by atoms with van der Waals surface area (Å²) in [4.78, 5) is 0. The molecule has 0 atom stereocenters. The van der Waals surface area contributed by atoms with Crippen LogP contribution in [0.2, 0.25) is 0 Å². The zero-order chi connectivity index (χ0) is 14.5. The van der Waals surface area contributed by atoms with Gasteiger partial charge in [0.25, 0.3) is 20.2 Å². The van der Waals surface area contributed by atoms with E-state index in [2.05, 4.69) is 10.3 Å². The van der Waals surface area contributed by atoms with Gasteiger partial charge >= 0.3 is 0 Å². The van der Waals surface area contributed by atoms with Crippen molar-refractivity contribution in [3.8, 4) is 0 Å². The highest BCUT2D eigenvalue weighted by atomic mass is 32.2. The molecule has 2 N–H and O–H groups in total. The van der Waals surface area contributed by atoms with Crippen LogP contribution in [0.5, 0.6) is 0 Å². The average Bonchev–Trinajstić information content (AvgIpc) is 2.23. The molecule has 0 fully saturated rings. The monoisotopic (exact) mass is 309 g/mol. The highest BCUT2D eigenvalue weighted by Gasteiger charge is 2.18. The zero-order valence-electron chi connectivity index (χ0n) is 9.49. The van der Waals surface area contributed by atoms with Crippen LogP contribution in [0.1, 0.15) is 0 Å². The minimum Gasteiger partial charge on any atom is -0.284 e. The second-order valence-electron chi connectivity index (χ2n) is 3.45. The maximum Gasteiger partial charge on any atom is 0.285 e. The van der Waals surface area contributed by atoms with E-state index in [0.29, 0.717) is 10.7 Å². The highest BCUT2D eigenvalue weighted by molar-refractivity contribution is 7.86. The van der Waals surface area contributed by atoms with Crippen LogP contribution in [0.4, 0.5) is 5.69 Å². The summed E-state index contributed by atoms with van der Waals surface area (Å²) in [5.41, 5.74) is 0.346. The van der Waals surface area contributed by atoms with Gasteiger partial charge in [0.1, 0.15) is 0 Å². The molecule has 11 heteroatoms. The lowest BCUT2D eigenvalue weighted by atomic mass is 10.3. The van der Waals surface area contributed by atoms with E-state index in [1.54, 1.807) is 30.3 Å². The molecular formula is C8H11N3O6S2. The molecule has 19 heavy (non-hydrogen) atoms. The standard InChI is InChI=1S/C8H11N3O6S2/c12-18(13,14)6-11(7-19(15,16)17)10-9-8-4-2-1-3-5-8/h1-5H,6-7H2,(H,12,13,14)(H,15,16,17). The minimum absolute atomic E-state index is 0.346. The molecule has 0 saturated heterocycles. The van der Waals surface area contributed by atoms with E-state index in [0.717, 1.165) is 0 Å². The number of nitrogens with zero attached hydrogens (tertiary/aromatic N) is 3. The second-order valence-corrected chi connectivity index (χ2v) is 6.30. The van der Waals surface area contributed by atoms with Gasteiger partial charge in [-0.05, 0) is 12.1 Å². The molecule has 0 radical (unpaired) electrons. The Labute approximate surface area is 110 Å². The predicted octanol–water partition coefficient (Wildman–Crippen LogP) is 0.678. The maximum absolute atomic E-state index is 10.7. The molecule has 0 amide bonds. The quantitative estimate of drug-likeness (QED) is 0.447. The van der Waals surface area contributed by atoms with Gasteiger partial charge in [0.15, 0.2) is 11.8 Å². The van der Waals surface area contributed by atoms with Crippen molar-refractivity contribution in [2.45, 2.75) is 0 Å². The Bertz CT molecular complexity index is 606. The van der Waals surface area contributed by atoms with Crippen LogP contribution in [-0.2, 0) is 20.2 Å². The second kappa shape index (κ2) is 6.06. The first-order valence-electron chi connectivity index (χ1n) is 4.78. The molecule has 0 heterocycles. The normalized spacial score (nSPS) is 12.7. The van der Waals surface area contributed by atoms with Gasteiger partial charge in [-0.25, -0.2) is 5.01 Å². The summed E-state index contributed by atoms with van der Waals surface area (Å²) in [6.07, 6.45) is 0. The lowest BCUT2D eigenvalue weighted by Gasteiger charge is -2.13. The molecule has 1 aromatic carbocycles. The maximum atomic E-state index is 10.7. The van der Waals surface area contributed by atoms with Crippen molar-refractivity contribution < 1.29 is 25.9 Å². The van der Waals surface area contributed by atoms with E-state index in [9.17, 15) is 16.8 Å². The number of benzene rings is 1. The molecule has 0 aliphatic rings. The predicted molar refractivity (Wildman–Crippen MR) is 65.6 cm³/mol. The molecule has 0 aliphatic carbocycles. The van der Waals surface area contributed by atoms with Crippen LogP contribution in [0.15, 0.2) is 40.7 Å². The molecule has 0 bridgehead atoms. The minimum atomic E-state index is -4.50. The van der Waals surface area contributed by atoms with Crippen molar-refractivity contribution >= 4 is 25.9 Å². The fourth-order valence-electron chi connectivity index (χ4n) is 1.08. The van der Waals surface area contributed by atoms with Gasteiger partial charge in [0.2, 0.25) is 0 Å². The van der Waals surface area contributed by atoms with Gasteiger partial charge in [-0.1, -0.05) is 23.4 Å². The highest BCUT2D eigenvalue weighted by Crippen LogP contribution is 2.11. The Balaban J connectivity index is 2.88. The Morgan fingerprint density at radius 1 is 0.947 bits per heavy atom. The van der Waals surface area contributed by atoms with Crippen LogP contribution in [0.25, 0.3) is 0 Å². The molecule has 0 aromatic heterocycles. The molecule has 9 nitrogen and oxygen atoms in total. The van der Waals surface area contributed by atoms with Gasteiger partial charge in [-0.3, -0.25) is 9.11 Å². The Morgan fingerprint density at radius 2 is 1.42 bits per heavy atom. The lowest BCUT2D eigenvalue weighted by Crippen LogP contribution is -2.29. The first-order chi connectivity index (χ1) is 8.66. The molecule has 106 valence electrons. The molecule has 0 spiro atoms. The topological polar surface area (TPSA) is 137 Å². The lowest BCUT2D eigenvalue weighted by molar-refractivity contribution is 0.328. The molecule has 1 aromatic rings. The van der Waals surface area contributed by atoms with E-state index in [1.807, 2.05) is 0 Å². The molecular weight excluding hydrogens is 298 g/mol. The molecule has 0 unspecified atom stereocenters. The fourth-order valence-corrected chi connectivity index (χ4v) is 2.23. The van der Waals surface area contributed by atoms with Crippen molar-refractivity contribution in [2.75, 3.05) is 11.8 Å².